The van der Waals surface area contributed by atoms with Gasteiger partial charge in [-0.1, -0.05) is 23.7 Å². The summed E-state index contributed by atoms with van der Waals surface area (Å²) in [5.41, 5.74) is -0.276. The molecule has 5 rings (SSSR count). The summed E-state index contributed by atoms with van der Waals surface area (Å²) in [6.07, 6.45) is 6.30. The number of ether oxygens (including phenoxy) is 3. The predicted octanol–water partition coefficient (Wildman–Crippen LogP) is 3.95. The van der Waals surface area contributed by atoms with Gasteiger partial charge in [0.25, 0.3) is 5.56 Å². The van der Waals surface area contributed by atoms with Crippen LogP contribution in [0.15, 0.2) is 64.6 Å². The fourth-order valence-corrected chi connectivity index (χ4v) is 4.76. The Balaban J connectivity index is 1.57. The standard InChI is InChI=1S/C28H29ClN4O6/c1-32-26-24(27(35)33(28(32)36)13-5-15-38-22-7-2-3-14-37-22)23(25(34)18-8-10-19(29)11-9-18)21(17-31-26)39-20-6-4-12-30-16-20/h4,6,8-12,16-17,22,25,34H,2-3,5,7,13-15H2,1H3. The molecule has 1 fully saturated rings. The van der Waals surface area contributed by atoms with Gasteiger partial charge >= 0.3 is 5.69 Å². The van der Waals surface area contributed by atoms with Crippen molar-refractivity contribution in [3.8, 4) is 11.5 Å². The molecule has 1 saturated heterocycles. The highest BCUT2D eigenvalue weighted by Crippen LogP contribution is 2.36. The van der Waals surface area contributed by atoms with Gasteiger partial charge in [-0.3, -0.25) is 18.9 Å². The van der Waals surface area contributed by atoms with E-state index in [1.165, 1.54) is 17.0 Å². The van der Waals surface area contributed by atoms with Crippen molar-refractivity contribution in [3.63, 3.8) is 0 Å². The van der Waals surface area contributed by atoms with E-state index in [1.807, 2.05) is 0 Å². The van der Waals surface area contributed by atoms with Gasteiger partial charge in [-0.05, 0) is 55.5 Å². The summed E-state index contributed by atoms with van der Waals surface area (Å²) in [5.74, 6) is 0.563. The Bertz CT molecular complexity index is 1550. The molecule has 1 aromatic carbocycles. The molecule has 0 radical (unpaired) electrons. The molecule has 1 N–H and O–H groups in total. The molecular formula is C28H29ClN4O6. The van der Waals surface area contributed by atoms with Crippen molar-refractivity contribution in [3.05, 3.63) is 92.0 Å². The Kier molecular flexibility index (Phi) is 8.37. The normalized spacial score (nSPS) is 16.3. The van der Waals surface area contributed by atoms with Gasteiger partial charge in [0, 0.05) is 37.0 Å². The van der Waals surface area contributed by atoms with Crippen LogP contribution in [0, 0.1) is 0 Å². The number of pyridine rings is 2. The van der Waals surface area contributed by atoms with Crippen molar-refractivity contribution in [1.82, 2.24) is 19.1 Å². The van der Waals surface area contributed by atoms with E-state index in [0.29, 0.717) is 36.0 Å². The molecule has 0 aliphatic carbocycles. The number of benzene rings is 1. The molecule has 0 saturated carbocycles. The maximum Gasteiger partial charge on any atom is 0.332 e. The van der Waals surface area contributed by atoms with Crippen molar-refractivity contribution in [1.29, 1.82) is 0 Å². The van der Waals surface area contributed by atoms with Crippen molar-refractivity contribution < 1.29 is 19.3 Å². The molecule has 4 aromatic rings. The van der Waals surface area contributed by atoms with Gasteiger partial charge in [0.05, 0.1) is 24.4 Å². The summed E-state index contributed by atoms with van der Waals surface area (Å²) in [6.45, 7) is 1.13. The summed E-state index contributed by atoms with van der Waals surface area (Å²) in [7, 11) is 1.54. The second kappa shape index (κ2) is 12.1. The van der Waals surface area contributed by atoms with E-state index in [4.69, 9.17) is 25.8 Å². The zero-order valence-electron chi connectivity index (χ0n) is 21.5. The summed E-state index contributed by atoms with van der Waals surface area (Å²) in [4.78, 5) is 35.5. The maximum absolute atomic E-state index is 13.9. The van der Waals surface area contributed by atoms with Gasteiger partial charge in [0.1, 0.15) is 17.5 Å². The average molecular weight is 553 g/mol. The molecule has 0 bridgehead atoms. The first-order valence-electron chi connectivity index (χ1n) is 12.8. The van der Waals surface area contributed by atoms with E-state index in [9.17, 15) is 14.7 Å². The summed E-state index contributed by atoms with van der Waals surface area (Å²) in [6, 6.07) is 10.0. The van der Waals surface area contributed by atoms with Crippen molar-refractivity contribution in [2.75, 3.05) is 13.2 Å². The third kappa shape index (κ3) is 5.89. The summed E-state index contributed by atoms with van der Waals surface area (Å²) < 4.78 is 19.8. The Morgan fingerprint density at radius 3 is 2.72 bits per heavy atom. The minimum atomic E-state index is -1.27. The zero-order valence-corrected chi connectivity index (χ0v) is 22.2. The second-order valence-electron chi connectivity index (χ2n) is 9.30. The lowest BCUT2D eigenvalue weighted by Gasteiger charge is -2.22. The third-order valence-electron chi connectivity index (χ3n) is 6.65. The molecule has 1 aliphatic rings. The first-order valence-corrected chi connectivity index (χ1v) is 13.2. The number of hydrogen-bond acceptors (Lipinski definition) is 8. The average Bonchev–Trinajstić information content (AvgIpc) is 2.96. The van der Waals surface area contributed by atoms with Gasteiger partial charge in [-0.15, -0.1) is 0 Å². The van der Waals surface area contributed by atoms with E-state index in [1.54, 1.807) is 49.6 Å². The molecule has 10 nitrogen and oxygen atoms in total. The summed E-state index contributed by atoms with van der Waals surface area (Å²) in [5, 5.41) is 12.1. The summed E-state index contributed by atoms with van der Waals surface area (Å²) >= 11 is 6.06. The zero-order chi connectivity index (χ0) is 27.4. The molecule has 204 valence electrons. The van der Waals surface area contributed by atoms with Crippen LogP contribution in [-0.4, -0.2) is 43.7 Å². The molecule has 0 spiro atoms. The molecule has 2 unspecified atom stereocenters. The first-order chi connectivity index (χ1) is 18.9. The molecular weight excluding hydrogens is 524 g/mol. The highest BCUT2D eigenvalue weighted by Gasteiger charge is 2.26. The number of aliphatic hydroxyl groups excluding tert-OH is 1. The van der Waals surface area contributed by atoms with Crippen molar-refractivity contribution in [2.24, 2.45) is 7.05 Å². The van der Waals surface area contributed by atoms with Crippen LogP contribution < -0.4 is 16.0 Å². The van der Waals surface area contributed by atoms with Gasteiger partial charge in [0.15, 0.2) is 12.0 Å². The Morgan fingerprint density at radius 2 is 2.00 bits per heavy atom. The van der Waals surface area contributed by atoms with Crippen LogP contribution in [0.1, 0.15) is 42.9 Å². The van der Waals surface area contributed by atoms with Crippen LogP contribution in [0.2, 0.25) is 5.02 Å². The second-order valence-corrected chi connectivity index (χ2v) is 9.73. The molecule has 0 amide bonds. The van der Waals surface area contributed by atoms with Crippen LogP contribution >= 0.6 is 11.6 Å². The quantitative estimate of drug-likeness (QED) is 0.310. The molecule has 11 heteroatoms. The first kappa shape index (κ1) is 27.0. The number of fused-ring (bicyclic) bond motifs is 1. The van der Waals surface area contributed by atoms with Gasteiger partial charge in [-0.2, -0.15) is 0 Å². The fourth-order valence-electron chi connectivity index (χ4n) is 4.63. The number of aromatic nitrogens is 4. The van der Waals surface area contributed by atoms with Gasteiger partial charge < -0.3 is 19.3 Å². The predicted molar refractivity (Wildman–Crippen MR) is 145 cm³/mol. The van der Waals surface area contributed by atoms with Crippen molar-refractivity contribution in [2.45, 2.75) is 44.6 Å². The lowest BCUT2D eigenvalue weighted by atomic mass is 9.98. The topological polar surface area (TPSA) is 118 Å². The Morgan fingerprint density at radius 1 is 1.18 bits per heavy atom. The monoisotopic (exact) mass is 552 g/mol. The van der Waals surface area contributed by atoms with Crippen LogP contribution in [0.25, 0.3) is 11.0 Å². The van der Waals surface area contributed by atoms with Crippen molar-refractivity contribution >= 4 is 22.6 Å². The molecule has 2 atom stereocenters. The van der Waals surface area contributed by atoms with E-state index in [2.05, 4.69) is 9.97 Å². The van der Waals surface area contributed by atoms with E-state index in [-0.39, 0.29) is 35.2 Å². The highest BCUT2D eigenvalue weighted by atomic mass is 35.5. The molecule has 4 heterocycles. The number of rotatable bonds is 9. The van der Waals surface area contributed by atoms with Crippen LogP contribution in [-0.2, 0) is 23.1 Å². The maximum atomic E-state index is 13.9. The van der Waals surface area contributed by atoms with E-state index < -0.39 is 17.4 Å². The number of halogens is 1. The fraction of sp³-hybridized carbons (Fsp3) is 0.357. The largest absolute Gasteiger partial charge is 0.454 e. The smallest absolute Gasteiger partial charge is 0.332 e. The Hall–Kier alpha value is -3.57. The third-order valence-corrected chi connectivity index (χ3v) is 6.90. The highest BCUT2D eigenvalue weighted by molar-refractivity contribution is 6.30. The van der Waals surface area contributed by atoms with Gasteiger partial charge in [-0.25, -0.2) is 9.78 Å². The lowest BCUT2D eigenvalue weighted by molar-refractivity contribution is -0.163. The lowest BCUT2D eigenvalue weighted by Crippen LogP contribution is -2.40. The molecule has 1 aliphatic heterocycles. The van der Waals surface area contributed by atoms with Gasteiger partial charge in [0.2, 0.25) is 0 Å². The molecule has 39 heavy (non-hydrogen) atoms. The minimum Gasteiger partial charge on any atom is -0.454 e. The van der Waals surface area contributed by atoms with Crippen LogP contribution in [0.5, 0.6) is 11.5 Å². The number of nitrogens with zero attached hydrogens (tertiary/aromatic N) is 4. The van der Waals surface area contributed by atoms with Crippen LogP contribution in [0.4, 0.5) is 0 Å². The van der Waals surface area contributed by atoms with E-state index >= 15 is 0 Å². The number of aryl methyl sites for hydroxylation is 1. The molecule has 3 aromatic heterocycles. The SMILES string of the molecule is Cn1c(=O)n(CCCOC2CCCCO2)c(=O)c2c(C(O)c3ccc(Cl)cc3)c(Oc3cccnc3)cnc21. The number of hydrogen-bond donors (Lipinski definition) is 1. The Labute approximate surface area is 229 Å². The van der Waals surface area contributed by atoms with Crippen LogP contribution in [0.3, 0.4) is 0 Å². The minimum absolute atomic E-state index is 0.0810. The number of aliphatic hydroxyl groups is 1. The van der Waals surface area contributed by atoms with E-state index in [0.717, 1.165) is 23.8 Å².